The smallest absolute Gasteiger partial charge is 0.335 e. The summed E-state index contributed by atoms with van der Waals surface area (Å²) in [4.78, 5) is 10.9. The third-order valence-corrected chi connectivity index (χ3v) is 3.46. The number of hydrogen-bond acceptors (Lipinski definition) is 4. The highest BCUT2D eigenvalue weighted by Crippen LogP contribution is 2.21. The molecule has 0 saturated heterocycles. The van der Waals surface area contributed by atoms with Crippen LogP contribution in [-0.2, 0) is 0 Å². The van der Waals surface area contributed by atoms with E-state index in [0.29, 0.717) is 30.8 Å². The Morgan fingerprint density at radius 2 is 1.68 bits per heavy atom. The predicted octanol–water partition coefficient (Wildman–Crippen LogP) is 4.13. The summed E-state index contributed by atoms with van der Waals surface area (Å²) in [6, 6.07) is 17.7. The second-order valence-corrected chi connectivity index (χ2v) is 5.23. The minimum Gasteiger partial charge on any atom is -0.494 e. The van der Waals surface area contributed by atoms with E-state index in [0.717, 1.165) is 11.1 Å². The van der Waals surface area contributed by atoms with Gasteiger partial charge in [-0.05, 0) is 60.0 Å². The largest absolute Gasteiger partial charge is 0.494 e. The first-order valence-corrected chi connectivity index (χ1v) is 7.69. The van der Waals surface area contributed by atoms with Gasteiger partial charge in [-0.3, -0.25) is 0 Å². The molecule has 0 bridgehead atoms. The molecule has 0 unspecified atom stereocenters. The molecule has 0 saturated carbocycles. The van der Waals surface area contributed by atoms with Crippen molar-refractivity contribution in [3.8, 4) is 17.9 Å². The Labute approximate surface area is 146 Å². The Kier molecular flexibility index (Phi) is 6.33. The number of nitriles is 2. The lowest BCUT2D eigenvalue weighted by Crippen LogP contribution is -1.96. The van der Waals surface area contributed by atoms with E-state index in [1.54, 1.807) is 42.5 Å². The third kappa shape index (κ3) is 5.23. The number of carboxylic acids is 1. The topological polar surface area (TPSA) is 94.1 Å². The van der Waals surface area contributed by atoms with Crippen LogP contribution in [0.15, 0.2) is 48.5 Å². The zero-order chi connectivity index (χ0) is 18.1. The van der Waals surface area contributed by atoms with E-state index in [4.69, 9.17) is 15.1 Å². The number of carboxylic acid groups (broad SMARTS) is 1. The Morgan fingerprint density at radius 3 is 2.24 bits per heavy atom. The van der Waals surface area contributed by atoms with Crippen LogP contribution in [0.5, 0.6) is 5.75 Å². The molecule has 1 N–H and O–H groups in total. The summed E-state index contributed by atoms with van der Waals surface area (Å²) in [5.41, 5.74) is 2.17. The van der Waals surface area contributed by atoms with E-state index in [9.17, 15) is 10.1 Å². The summed E-state index contributed by atoms with van der Waals surface area (Å²) < 4.78 is 5.52. The molecule has 5 heteroatoms. The molecule has 5 nitrogen and oxygen atoms in total. The van der Waals surface area contributed by atoms with Crippen LogP contribution >= 0.6 is 0 Å². The highest BCUT2D eigenvalue weighted by atomic mass is 16.5. The van der Waals surface area contributed by atoms with E-state index >= 15 is 0 Å². The fourth-order valence-corrected chi connectivity index (χ4v) is 2.14. The molecule has 2 aromatic rings. The number of carbonyl (C=O) groups is 1. The second-order valence-electron chi connectivity index (χ2n) is 5.23. The van der Waals surface area contributed by atoms with Crippen LogP contribution in [0, 0.1) is 22.7 Å². The van der Waals surface area contributed by atoms with Crippen LogP contribution in [-0.4, -0.2) is 17.7 Å². The molecule has 0 aromatic heterocycles. The number of unbranched alkanes of at least 4 members (excludes halogenated alkanes) is 1. The molecule has 0 aliphatic rings. The molecule has 0 aliphatic heterocycles. The van der Waals surface area contributed by atoms with Gasteiger partial charge in [0, 0.05) is 6.42 Å². The van der Waals surface area contributed by atoms with Gasteiger partial charge in [0.05, 0.1) is 29.9 Å². The van der Waals surface area contributed by atoms with Crippen molar-refractivity contribution in [1.29, 1.82) is 10.5 Å². The van der Waals surface area contributed by atoms with Crippen molar-refractivity contribution < 1.29 is 14.6 Å². The van der Waals surface area contributed by atoms with Crippen LogP contribution in [0.3, 0.4) is 0 Å². The molecule has 0 atom stereocenters. The van der Waals surface area contributed by atoms with Crippen molar-refractivity contribution in [1.82, 2.24) is 0 Å². The van der Waals surface area contributed by atoms with Gasteiger partial charge in [0.15, 0.2) is 0 Å². The molecule has 0 heterocycles. The highest BCUT2D eigenvalue weighted by molar-refractivity contribution is 5.91. The molecule has 0 fully saturated rings. The lowest BCUT2D eigenvalue weighted by molar-refractivity contribution is 0.0697. The van der Waals surface area contributed by atoms with E-state index in [1.807, 2.05) is 0 Å². The van der Waals surface area contributed by atoms with Gasteiger partial charge in [0.2, 0.25) is 0 Å². The van der Waals surface area contributed by atoms with Gasteiger partial charge in [0.1, 0.15) is 5.75 Å². The monoisotopic (exact) mass is 332 g/mol. The molecular formula is C20H16N2O3. The number of hydrogen-bond donors (Lipinski definition) is 1. The quantitative estimate of drug-likeness (QED) is 0.467. The van der Waals surface area contributed by atoms with Crippen molar-refractivity contribution >= 4 is 17.6 Å². The first-order valence-electron chi connectivity index (χ1n) is 7.69. The molecule has 2 rings (SSSR count). The summed E-state index contributed by atoms with van der Waals surface area (Å²) in [5, 5.41) is 26.8. The number of benzene rings is 2. The normalized spacial score (nSPS) is 10.6. The average molecular weight is 332 g/mol. The van der Waals surface area contributed by atoms with Gasteiger partial charge in [-0.25, -0.2) is 4.79 Å². The fraction of sp³-hybridized carbons (Fsp3) is 0.150. The van der Waals surface area contributed by atoms with Gasteiger partial charge in [-0.15, -0.1) is 0 Å². The van der Waals surface area contributed by atoms with Crippen LogP contribution < -0.4 is 4.74 Å². The van der Waals surface area contributed by atoms with Crippen molar-refractivity contribution in [3.63, 3.8) is 0 Å². The minimum atomic E-state index is -0.985. The van der Waals surface area contributed by atoms with Gasteiger partial charge < -0.3 is 9.84 Å². The number of allylic oxidation sites excluding steroid dienone is 1. The highest BCUT2D eigenvalue weighted by Gasteiger charge is 2.04. The summed E-state index contributed by atoms with van der Waals surface area (Å²) in [5.74, 6) is -0.300. The zero-order valence-corrected chi connectivity index (χ0v) is 13.5. The SMILES string of the molecule is N#CCCCOc1ccc(C(C#N)=Cc2ccc(C(=O)O)cc2)cc1. The van der Waals surface area contributed by atoms with Crippen LogP contribution in [0.2, 0.25) is 0 Å². The first-order chi connectivity index (χ1) is 12.1. The maximum atomic E-state index is 10.9. The maximum absolute atomic E-state index is 10.9. The summed E-state index contributed by atoms with van der Waals surface area (Å²) in [7, 11) is 0. The summed E-state index contributed by atoms with van der Waals surface area (Å²) >= 11 is 0. The first kappa shape index (κ1) is 17.8. The molecule has 124 valence electrons. The molecule has 0 amide bonds. The standard InChI is InChI=1S/C20H16N2O3/c21-11-1-2-12-25-19-9-7-16(8-10-19)18(14-22)13-15-3-5-17(6-4-15)20(23)24/h3-10,13H,1-2,12H2,(H,23,24). The molecule has 0 radical (unpaired) electrons. The van der Waals surface area contributed by atoms with Gasteiger partial charge >= 0.3 is 5.97 Å². The van der Waals surface area contributed by atoms with Crippen molar-refractivity contribution in [2.24, 2.45) is 0 Å². The Hall–Kier alpha value is -3.57. The van der Waals surface area contributed by atoms with Crippen molar-refractivity contribution in [2.45, 2.75) is 12.8 Å². The number of nitrogens with zero attached hydrogens (tertiary/aromatic N) is 2. The summed E-state index contributed by atoms with van der Waals surface area (Å²) in [6.07, 6.45) is 2.84. The molecule has 0 spiro atoms. The average Bonchev–Trinajstić information content (AvgIpc) is 2.64. The Bertz CT molecular complexity index is 838. The fourth-order valence-electron chi connectivity index (χ4n) is 2.14. The van der Waals surface area contributed by atoms with Crippen LogP contribution in [0.25, 0.3) is 11.6 Å². The van der Waals surface area contributed by atoms with E-state index < -0.39 is 5.97 Å². The van der Waals surface area contributed by atoms with Crippen LogP contribution in [0.1, 0.15) is 34.3 Å². The van der Waals surface area contributed by atoms with Gasteiger partial charge in [-0.2, -0.15) is 10.5 Å². The van der Waals surface area contributed by atoms with E-state index in [2.05, 4.69) is 12.1 Å². The number of rotatable bonds is 7. The molecule has 0 aliphatic carbocycles. The summed E-state index contributed by atoms with van der Waals surface area (Å²) in [6.45, 7) is 0.476. The molecular weight excluding hydrogens is 316 g/mol. The lowest BCUT2D eigenvalue weighted by atomic mass is 10.0. The Morgan fingerprint density at radius 1 is 1.04 bits per heavy atom. The predicted molar refractivity (Wildman–Crippen MR) is 93.7 cm³/mol. The van der Waals surface area contributed by atoms with Crippen molar-refractivity contribution in [3.05, 3.63) is 65.2 Å². The van der Waals surface area contributed by atoms with Gasteiger partial charge in [-0.1, -0.05) is 12.1 Å². The molecule has 2 aromatic carbocycles. The number of ether oxygens (including phenoxy) is 1. The third-order valence-electron chi connectivity index (χ3n) is 3.46. The van der Waals surface area contributed by atoms with Crippen molar-refractivity contribution in [2.75, 3.05) is 6.61 Å². The minimum absolute atomic E-state index is 0.202. The lowest BCUT2D eigenvalue weighted by Gasteiger charge is -2.06. The zero-order valence-electron chi connectivity index (χ0n) is 13.5. The van der Waals surface area contributed by atoms with Crippen LogP contribution in [0.4, 0.5) is 0 Å². The van der Waals surface area contributed by atoms with E-state index in [1.165, 1.54) is 12.1 Å². The van der Waals surface area contributed by atoms with E-state index in [-0.39, 0.29) is 5.56 Å². The van der Waals surface area contributed by atoms with Gasteiger partial charge in [0.25, 0.3) is 0 Å². The maximum Gasteiger partial charge on any atom is 0.335 e. The number of aromatic carboxylic acids is 1. The Balaban J connectivity index is 2.10. The molecule has 25 heavy (non-hydrogen) atoms. The second kappa shape index (κ2) is 8.90.